The summed E-state index contributed by atoms with van der Waals surface area (Å²) in [5.41, 5.74) is 0. The zero-order valence-corrected chi connectivity index (χ0v) is 8.33. The minimum Gasteiger partial charge on any atom is -0.394 e. The van der Waals surface area contributed by atoms with E-state index >= 15 is 0 Å². The van der Waals surface area contributed by atoms with E-state index < -0.39 is 0 Å². The highest BCUT2D eigenvalue weighted by Crippen LogP contribution is 2.18. The number of rotatable bonds is 4. The summed E-state index contributed by atoms with van der Waals surface area (Å²) >= 11 is 0. The fraction of sp³-hybridized carbons (Fsp3) is 0.900. The molecule has 1 amide bonds. The summed E-state index contributed by atoms with van der Waals surface area (Å²) in [4.78, 5) is 13.4. The van der Waals surface area contributed by atoms with Crippen molar-refractivity contribution in [2.45, 2.75) is 45.1 Å². The van der Waals surface area contributed by atoms with Crippen LogP contribution in [0.4, 0.5) is 0 Å². The van der Waals surface area contributed by atoms with Crippen LogP contribution in [0.3, 0.4) is 0 Å². The van der Waals surface area contributed by atoms with Crippen molar-refractivity contribution < 1.29 is 9.90 Å². The standard InChI is InChI=1S/C10H19NO2/c1-2-3-6-10(13)11-7-4-5-9(11)8-12/h9,12H,2-8H2,1H3/t9-/m0/s1. The first-order valence-corrected chi connectivity index (χ1v) is 5.20. The maximum Gasteiger partial charge on any atom is 0.222 e. The summed E-state index contributed by atoms with van der Waals surface area (Å²) in [5.74, 6) is 0.221. The Morgan fingerprint density at radius 2 is 2.38 bits per heavy atom. The first-order chi connectivity index (χ1) is 6.29. The molecule has 0 aromatic heterocycles. The maximum atomic E-state index is 11.6. The van der Waals surface area contributed by atoms with Crippen molar-refractivity contribution in [2.24, 2.45) is 0 Å². The number of carbonyl (C=O) groups excluding carboxylic acids is 1. The second-order valence-corrected chi connectivity index (χ2v) is 3.67. The number of likely N-dealkylation sites (tertiary alicyclic amines) is 1. The maximum absolute atomic E-state index is 11.6. The van der Waals surface area contributed by atoms with Gasteiger partial charge in [0.2, 0.25) is 5.91 Å². The third kappa shape index (κ3) is 2.69. The van der Waals surface area contributed by atoms with E-state index in [2.05, 4.69) is 6.92 Å². The van der Waals surface area contributed by atoms with Crippen LogP contribution >= 0.6 is 0 Å². The van der Waals surface area contributed by atoms with Gasteiger partial charge in [-0.3, -0.25) is 4.79 Å². The molecule has 1 rings (SSSR count). The van der Waals surface area contributed by atoms with Crippen LogP contribution in [-0.2, 0) is 4.79 Å². The van der Waals surface area contributed by atoms with Gasteiger partial charge in [-0.15, -0.1) is 0 Å². The van der Waals surface area contributed by atoms with E-state index in [4.69, 9.17) is 5.11 Å². The topological polar surface area (TPSA) is 40.5 Å². The van der Waals surface area contributed by atoms with Gasteiger partial charge in [-0.05, 0) is 19.3 Å². The number of hydrogen-bond donors (Lipinski definition) is 1. The van der Waals surface area contributed by atoms with Gasteiger partial charge in [0.15, 0.2) is 0 Å². The van der Waals surface area contributed by atoms with E-state index in [9.17, 15) is 4.79 Å². The number of unbranched alkanes of at least 4 members (excludes halogenated alkanes) is 1. The lowest BCUT2D eigenvalue weighted by molar-refractivity contribution is -0.132. The van der Waals surface area contributed by atoms with Crippen LogP contribution in [0.2, 0.25) is 0 Å². The molecule has 0 spiro atoms. The van der Waals surface area contributed by atoms with Crippen LogP contribution in [0, 0.1) is 0 Å². The average molecular weight is 185 g/mol. The fourth-order valence-electron chi connectivity index (χ4n) is 1.83. The molecule has 1 saturated heterocycles. The van der Waals surface area contributed by atoms with E-state index in [-0.39, 0.29) is 18.6 Å². The molecule has 76 valence electrons. The third-order valence-electron chi connectivity index (χ3n) is 2.65. The molecule has 1 heterocycles. The predicted octanol–water partition coefficient (Wildman–Crippen LogP) is 1.16. The van der Waals surface area contributed by atoms with Crippen molar-refractivity contribution >= 4 is 5.91 Å². The first-order valence-electron chi connectivity index (χ1n) is 5.20. The van der Waals surface area contributed by atoms with E-state index in [1.807, 2.05) is 4.90 Å². The molecule has 0 saturated carbocycles. The number of carbonyl (C=O) groups is 1. The van der Waals surface area contributed by atoms with Crippen LogP contribution in [0.1, 0.15) is 39.0 Å². The summed E-state index contributed by atoms with van der Waals surface area (Å²) in [6.45, 7) is 3.05. The quantitative estimate of drug-likeness (QED) is 0.714. The van der Waals surface area contributed by atoms with Gasteiger partial charge >= 0.3 is 0 Å². The highest BCUT2D eigenvalue weighted by Gasteiger charge is 2.26. The third-order valence-corrected chi connectivity index (χ3v) is 2.65. The number of aliphatic hydroxyl groups is 1. The molecule has 1 N–H and O–H groups in total. The van der Waals surface area contributed by atoms with Gasteiger partial charge in [-0.2, -0.15) is 0 Å². The molecule has 0 bridgehead atoms. The van der Waals surface area contributed by atoms with Gasteiger partial charge in [-0.1, -0.05) is 13.3 Å². The fourth-order valence-corrected chi connectivity index (χ4v) is 1.83. The minimum atomic E-state index is 0.101. The summed E-state index contributed by atoms with van der Waals surface area (Å²) in [5, 5.41) is 9.02. The zero-order chi connectivity index (χ0) is 9.68. The molecule has 0 unspecified atom stereocenters. The van der Waals surface area contributed by atoms with E-state index in [1.165, 1.54) is 0 Å². The average Bonchev–Trinajstić information content (AvgIpc) is 2.61. The zero-order valence-electron chi connectivity index (χ0n) is 8.33. The normalized spacial score (nSPS) is 22.3. The van der Waals surface area contributed by atoms with Crippen molar-refractivity contribution in [3.05, 3.63) is 0 Å². The van der Waals surface area contributed by atoms with Crippen molar-refractivity contribution in [3.63, 3.8) is 0 Å². The largest absolute Gasteiger partial charge is 0.394 e. The molecule has 1 fully saturated rings. The monoisotopic (exact) mass is 185 g/mol. The molecular weight excluding hydrogens is 166 g/mol. The van der Waals surface area contributed by atoms with Crippen molar-refractivity contribution in [1.29, 1.82) is 0 Å². The first kappa shape index (κ1) is 10.5. The lowest BCUT2D eigenvalue weighted by atomic mass is 10.2. The molecule has 13 heavy (non-hydrogen) atoms. The van der Waals surface area contributed by atoms with E-state index in [0.717, 1.165) is 32.2 Å². The summed E-state index contributed by atoms with van der Waals surface area (Å²) in [6, 6.07) is 0.101. The van der Waals surface area contributed by atoms with Crippen LogP contribution in [0.25, 0.3) is 0 Å². The Hall–Kier alpha value is -0.570. The van der Waals surface area contributed by atoms with Gasteiger partial charge < -0.3 is 10.0 Å². The van der Waals surface area contributed by atoms with Gasteiger partial charge in [-0.25, -0.2) is 0 Å². The Labute approximate surface area is 79.7 Å². The molecule has 1 aliphatic heterocycles. The van der Waals surface area contributed by atoms with Gasteiger partial charge in [0.25, 0.3) is 0 Å². The molecular formula is C10H19NO2. The predicted molar refractivity (Wildman–Crippen MR) is 51.3 cm³/mol. The molecule has 0 aliphatic carbocycles. The smallest absolute Gasteiger partial charge is 0.222 e. The molecule has 0 aromatic rings. The second-order valence-electron chi connectivity index (χ2n) is 3.67. The summed E-state index contributed by atoms with van der Waals surface area (Å²) in [6.07, 6.45) is 4.68. The van der Waals surface area contributed by atoms with Crippen molar-refractivity contribution in [1.82, 2.24) is 4.90 Å². The van der Waals surface area contributed by atoms with Crippen LogP contribution in [0.15, 0.2) is 0 Å². The van der Waals surface area contributed by atoms with Gasteiger partial charge in [0, 0.05) is 13.0 Å². The Balaban J connectivity index is 2.36. The SMILES string of the molecule is CCCCC(=O)N1CCC[C@H]1CO. The molecule has 0 radical (unpaired) electrons. The molecule has 1 atom stereocenters. The van der Waals surface area contributed by atoms with Crippen LogP contribution in [-0.4, -0.2) is 35.1 Å². The molecule has 3 nitrogen and oxygen atoms in total. The molecule has 0 aromatic carbocycles. The Kier molecular flexibility index (Phi) is 4.22. The van der Waals surface area contributed by atoms with Gasteiger partial charge in [0.05, 0.1) is 12.6 Å². The molecule has 3 heteroatoms. The Morgan fingerprint density at radius 3 is 3.00 bits per heavy atom. The van der Waals surface area contributed by atoms with Crippen LogP contribution < -0.4 is 0 Å². The summed E-state index contributed by atoms with van der Waals surface area (Å²) < 4.78 is 0. The number of amides is 1. The van der Waals surface area contributed by atoms with E-state index in [0.29, 0.717) is 6.42 Å². The summed E-state index contributed by atoms with van der Waals surface area (Å²) in [7, 11) is 0. The Morgan fingerprint density at radius 1 is 1.62 bits per heavy atom. The minimum absolute atomic E-state index is 0.101. The number of aliphatic hydroxyl groups excluding tert-OH is 1. The van der Waals surface area contributed by atoms with Crippen molar-refractivity contribution in [3.8, 4) is 0 Å². The Bertz CT molecular complexity index is 170. The lowest BCUT2D eigenvalue weighted by Crippen LogP contribution is -2.37. The van der Waals surface area contributed by atoms with Crippen molar-refractivity contribution in [2.75, 3.05) is 13.2 Å². The highest BCUT2D eigenvalue weighted by atomic mass is 16.3. The highest BCUT2D eigenvalue weighted by molar-refractivity contribution is 5.76. The van der Waals surface area contributed by atoms with Gasteiger partial charge in [0.1, 0.15) is 0 Å². The second kappa shape index (κ2) is 5.22. The van der Waals surface area contributed by atoms with E-state index in [1.54, 1.807) is 0 Å². The molecule has 1 aliphatic rings. The number of nitrogens with zero attached hydrogens (tertiary/aromatic N) is 1. The lowest BCUT2D eigenvalue weighted by Gasteiger charge is -2.22. The van der Waals surface area contributed by atoms with Crippen LogP contribution in [0.5, 0.6) is 0 Å². The number of hydrogen-bond acceptors (Lipinski definition) is 2.